The van der Waals surface area contributed by atoms with Crippen LogP contribution in [-0.4, -0.2) is 23.6 Å². The van der Waals surface area contributed by atoms with Crippen molar-refractivity contribution in [3.05, 3.63) is 62.8 Å². The average Bonchev–Trinajstić information content (AvgIpc) is 3.27. The Morgan fingerprint density at radius 3 is 2.85 bits per heavy atom. The number of nitrogens with two attached hydrogens (primary N) is 1. The van der Waals surface area contributed by atoms with Gasteiger partial charge in [0.25, 0.3) is 5.91 Å². The van der Waals surface area contributed by atoms with Crippen molar-refractivity contribution in [2.24, 2.45) is 0 Å². The van der Waals surface area contributed by atoms with Gasteiger partial charge in [-0.2, -0.15) is 0 Å². The van der Waals surface area contributed by atoms with Crippen LogP contribution in [0.5, 0.6) is 0 Å². The Balaban J connectivity index is 1.90. The lowest BCUT2D eigenvalue weighted by atomic mass is 10.2. The molecule has 0 saturated carbocycles. The van der Waals surface area contributed by atoms with Crippen molar-refractivity contribution in [1.82, 2.24) is 9.88 Å². The molecule has 0 saturated heterocycles. The van der Waals surface area contributed by atoms with Crippen molar-refractivity contribution < 1.29 is 18.7 Å². The number of benzene rings is 1. The Morgan fingerprint density at radius 2 is 2.15 bits per heavy atom. The average molecular weight is 389 g/mol. The molecular formula is C17H15N3O4S2. The summed E-state index contributed by atoms with van der Waals surface area (Å²) in [4.78, 5) is 24.4. The molecule has 0 fully saturated rings. The highest BCUT2D eigenvalue weighted by molar-refractivity contribution is 7.73. The van der Waals surface area contributed by atoms with E-state index in [2.05, 4.69) is 5.32 Å². The number of furan rings is 1. The molecule has 0 bridgehead atoms. The number of esters is 1. The Bertz CT molecular complexity index is 1010. The minimum atomic E-state index is -0.469. The summed E-state index contributed by atoms with van der Waals surface area (Å²) in [5.74, 6) is 0.0196. The van der Waals surface area contributed by atoms with Crippen molar-refractivity contribution in [2.75, 3.05) is 12.8 Å². The number of hydrogen-bond donors (Lipinski definition) is 2. The number of methoxy groups -OCH3 is 1. The molecule has 0 radical (unpaired) electrons. The van der Waals surface area contributed by atoms with Gasteiger partial charge in [-0.15, -0.1) is 0 Å². The predicted molar refractivity (Wildman–Crippen MR) is 100 cm³/mol. The minimum absolute atomic E-state index is 0.207. The summed E-state index contributed by atoms with van der Waals surface area (Å²) in [6, 6.07) is 10.2. The second kappa shape index (κ2) is 7.54. The number of thiazole rings is 1. The van der Waals surface area contributed by atoms with E-state index in [0.29, 0.717) is 25.8 Å². The summed E-state index contributed by atoms with van der Waals surface area (Å²) in [6.07, 6.45) is 1.53. The molecule has 9 heteroatoms. The van der Waals surface area contributed by atoms with E-state index in [-0.39, 0.29) is 18.3 Å². The number of nitrogens with one attached hydrogen (secondary N) is 1. The first-order chi connectivity index (χ1) is 12.5. The third-order valence-corrected chi connectivity index (χ3v) is 4.97. The van der Waals surface area contributed by atoms with Crippen LogP contribution in [0.1, 0.15) is 25.8 Å². The molecule has 2 aromatic heterocycles. The SMILES string of the molecule is COC(=O)c1cccc(-n2c(N)c(C(=O)NCc3ccco3)sc2=S)c1. The number of anilines is 1. The molecule has 0 atom stereocenters. The maximum Gasteiger partial charge on any atom is 0.337 e. The maximum atomic E-state index is 12.4. The minimum Gasteiger partial charge on any atom is -0.467 e. The largest absolute Gasteiger partial charge is 0.467 e. The number of aromatic nitrogens is 1. The van der Waals surface area contributed by atoms with Crippen LogP contribution in [0, 0.1) is 3.95 Å². The van der Waals surface area contributed by atoms with Crippen molar-refractivity contribution in [1.29, 1.82) is 0 Å². The third-order valence-electron chi connectivity index (χ3n) is 3.58. The monoisotopic (exact) mass is 389 g/mol. The Kier molecular flexibility index (Phi) is 5.19. The summed E-state index contributed by atoms with van der Waals surface area (Å²) in [7, 11) is 1.31. The summed E-state index contributed by atoms with van der Waals surface area (Å²) in [5.41, 5.74) is 7.09. The fourth-order valence-corrected chi connectivity index (χ4v) is 3.63. The molecule has 1 aromatic carbocycles. The molecule has 0 aliphatic heterocycles. The molecule has 3 N–H and O–H groups in total. The number of ether oxygens (including phenoxy) is 1. The van der Waals surface area contributed by atoms with E-state index >= 15 is 0 Å². The van der Waals surface area contributed by atoms with Crippen LogP contribution in [0.4, 0.5) is 5.82 Å². The highest BCUT2D eigenvalue weighted by atomic mass is 32.1. The van der Waals surface area contributed by atoms with E-state index in [1.54, 1.807) is 41.0 Å². The van der Waals surface area contributed by atoms with Gasteiger partial charge >= 0.3 is 5.97 Å². The number of carbonyl (C=O) groups excluding carboxylic acids is 2. The number of nitrogens with zero attached hydrogens (tertiary/aromatic N) is 1. The zero-order chi connectivity index (χ0) is 18.7. The quantitative estimate of drug-likeness (QED) is 0.514. The van der Waals surface area contributed by atoms with Crippen LogP contribution in [0.2, 0.25) is 0 Å². The van der Waals surface area contributed by atoms with Crippen LogP contribution < -0.4 is 11.1 Å². The molecule has 1 amide bonds. The molecular weight excluding hydrogens is 374 g/mol. The molecule has 26 heavy (non-hydrogen) atoms. The lowest BCUT2D eigenvalue weighted by Gasteiger charge is -2.08. The first-order valence-electron chi connectivity index (χ1n) is 7.52. The maximum absolute atomic E-state index is 12.4. The van der Waals surface area contributed by atoms with Crippen LogP contribution >= 0.6 is 23.6 Å². The normalized spacial score (nSPS) is 10.5. The molecule has 0 spiro atoms. The molecule has 0 unspecified atom stereocenters. The van der Waals surface area contributed by atoms with E-state index in [4.69, 9.17) is 27.1 Å². The molecule has 2 heterocycles. The second-order valence-corrected chi connectivity index (χ2v) is 6.87. The number of rotatable bonds is 5. The highest BCUT2D eigenvalue weighted by Gasteiger charge is 2.19. The van der Waals surface area contributed by atoms with Crippen molar-refractivity contribution in [3.63, 3.8) is 0 Å². The van der Waals surface area contributed by atoms with Crippen LogP contribution in [-0.2, 0) is 11.3 Å². The lowest BCUT2D eigenvalue weighted by Crippen LogP contribution is -2.22. The molecule has 3 aromatic rings. The van der Waals surface area contributed by atoms with Gasteiger partial charge in [-0.1, -0.05) is 17.4 Å². The standard InChI is InChI=1S/C17H15N3O4S2/c1-23-16(22)10-4-2-5-11(8-10)20-14(18)13(26-17(20)25)15(21)19-9-12-6-3-7-24-12/h2-8H,9,18H2,1H3,(H,19,21). The molecule has 0 aliphatic rings. The number of nitrogen functional groups attached to an aromatic ring is 1. The van der Waals surface area contributed by atoms with E-state index in [1.165, 1.54) is 13.4 Å². The second-order valence-electron chi connectivity index (χ2n) is 5.22. The summed E-state index contributed by atoms with van der Waals surface area (Å²) in [6.45, 7) is 0.244. The van der Waals surface area contributed by atoms with E-state index in [0.717, 1.165) is 11.3 Å². The highest BCUT2D eigenvalue weighted by Crippen LogP contribution is 2.26. The fraction of sp³-hybridized carbons (Fsp3) is 0.118. The summed E-state index contributed by atoms with van der Waals surface area (Å²) >= 11 is 6.44. The van der Waals surface area contributed by atoms with Gasteiger partial charge in [-0.3, -0.25) is 9.36 Å². The van der Waals surface area contributed by atoms with Crippen molar-refractivity contribution in [3.8, 4) is 5.69 Å². The smallest absolute Gasteiger partial charge is 0.337 e. The Hall–Kier alpha value is -2.91. The van der Waals surface area contributed by atoms with Crippen LogP contribution in [0.3, 0.4) is 0 Å². The molecule has 134 valence electrons. The number of hydrogen-bond acceptors (Lipinski definition) is 7. The van der Waals surface area contributed by atoms with Gasteiger partial charge in [0, 0.05) is 0 Å². The summed E-state index contributed by atoms with van der Waals surface area (Å²) < 4.78 is 11.9. The summed E-state index contributed by atoms with van der Waals surface area (Å²) in [5, 5.41) is 2.74. The van der Waals surface area contributed by atoms with Gasteiger partial charge in [0.1, 0.15) is 16.5 Å². The zero-order valence-corrected chi connectivity index (χ0v) is 15.4. The van der Waals surface area contributed by atoms with E-state index < -0.39 is 5.97 Å². The lowest BCUT2D eigenvalue weighted by molar-refractivity contribution is 0.0600. The van der Waals surface area contributed by atoms with Gasteiger partial charge in [0.15, 0.2) is 3.95 Å². The zero-order valence-electron chi connectivity index (χ0n) is 13.7. The predicted octanol–water partition coefficient (Wildman–Crippen LogP) is 3.16. The van der Waals surface area contributed by atoms with Crippen LogP contribution in [0.15, 0.2) is 47.1 Å². The van der Waals surface area contributed by atoms with Crippen molar-refractivity contribution >= 4 is 41.2 Å². The van der Waals surface area contributed by atoms with E-state index in [9.17, 15) is 9.59 Å². The Morgan fingerprint density at radius 1 is 1.35 bits per heavy atom. The Labute approximate surface area is 158 Å². The fourth-order valence-electron chi connectivity index (χ4n) is 2.34. The first kappa shape index (κ1) is 17.9. The van der Waals surface area contributed by atoms with Gasteiger partial charge in [0.05, 0.1) is 31.2 Å². The van der Waals surface area contributed by atoms with Crippen molar-refractivity contribution in [2.45, 2.75) is 6.54 Å². The number of amides is 1. The van der Waals surface area contributed by atoms with Gasteiger partial charge in [-0.05, 0) is 42.5 Å². The molecule has 3 rings (SSSR count). The van der Waals surface area contributed by atoms with E-state index in [1.807, 2.05) is 0 Å². The topological polar surface area (TPSA) is 99.5 Å². The number of carbonyl (C=O) groups is 2. The first-order valence-corrected chi connectivity index (χ1v) is 8.74. The van der Waals surface area contributed by atoms with Gasteiger partial charge in [-0.25, -0.2) is 4.79 Å². The van der Waals surface area contributed by atoms with Gasteiger partial charge in [0.2, 0.25) is 0 Å². The third kappa shape index (κ3) is 3.53. The van der Waals surface area contributed by atoms with Gasteiger partial charge < -0.3 is 20.2 Å². The molecule has 0 aliphatic carbocycles. The van der Waals surface area contributed by atoms with Crippen LogP contribution in [0.25, 0.3) is 5.69 Å². The molecule has 7 nitrogen and oxygen atoms in total.